The molecule has 1 heterocycles. The fourth-order valence-corrected chi connectivity index (χ4v) is 1.56. The van der Waals surface area contributed by atoms with Crippen LogP contribution in [0.5, 0.6) is 0 Å². The number of carboxylic acids is 1. The van der Waals surface area contributed by atoms with E-state index in [1.807, 2.05) is 0 Å². The average Bonchev–Trinajstić information content (AvgIpc) is 2.22. The van der Waals surface area contributed by atoms with Crippen molar-refractivity contribution in [2.75, 3.05) is 0 Å². The minimum absolute atomic E-state index is 0.833. The molecule has 6 atom stereocenters. The first kappa shape index (κ1) is 14.3. The summed E-state index contributed by atoms with van der Waals surface area (Å²) in [6, 6.07) is 0. The van der Waals surface area contributed by atoms with Crippen LogP contribution in [-0.4, -0.2) is 67.8 Å². The topological polar surface area (TPSA) is 151 Å². The molecule has 5 N–H and O–H groups in total. The maximum atomic E-state index is 10.6. The zero-order valence-electron chi connectivity index (χ0n) is 8.63. The fraction of sp³-hybridized carbons (Fsp3) is 0.778. The van der Waals surface area contributed by atoms with Crippen molar-refractivity contribution >= 4 is 5.97 Å². The molecule has 1 rings (SSSR count). The van der Waals surface area contributed by atoms with Gasteiger partial charge >= 0.3 is 0 Å². The highest BCUT2D eigenvalue weighted by atomic mass is 16.7. The number of carbonyl (C=O) groups excluding carboxylic acids is 1. The van der Waals surface area contributed by atoms with Crippen LogP contribution in [0.4, 0.5) is 0 Å². The molecule has 8 heteroatoms. The van der Waals surface area contributed by atoms with E-state index in [2.05, 4.69) is 4.74 Å². The molecule has 0 aliphatic carbocycles. The van der Waals surface area contributed by atoms with Crippen LogP contribution in [-0.2, 0) is 9.53 Å². The second-order valence-corrected chi connectivity index (χ2v) is 3.90. The molecule has 1 aliphatic heterocycles. The van der Waals surface area contributed by atoms with E-state index in [0.29, 0.717) is 0 Å². The molecule has 0 aromatic heterocycles. The van der Waals surface area contributed by atoms with E-state index in [-0.39, 0.29) is 0 Å². The van der Waals surface area contributed by atoms with Gasteiger partial charge in [-0.2, -0.15) is 0 Å². The normalized spacial score (nSPS) is 41.9. The highest BCUT2D eigenvalue weighted by molar-refractivity contribution is 5.73. The monoisotopic (exact) mass is 249 g/mol. The Morgan fingerprint density at radius 3 is 2.41 bits per heavy atom. The summed E-state index contributed by atoms with van der Waals surface area (Å²) in [4.78, 5) is 10.6. The van der Waals surface area contributed by atoms with Gasteiger partial charge in [-0.15, -0.1) is 0 Å². The standard InChI is InChI=1S/C9H14O8/c1-3(10)5(12)7-6(13)4(11)2-9(16,17-7)8(14)15/h1,3-7,10-13,16H,2H2,(H,14,15)/p-1/t3?,4?,5?,6-,7?,9?/m1/s1. The van der Waals surface area contributed by atoms with E-state index in [1.165, 1.54) is 0 Å². The molecule has 98 valence electrons. The van der Waals surface area contributed by atoms with Crippen molar-refractivity contribution in [3.05, 3.63) is 6.92 Å². The Kier molecular flexibility index (Phi) is 4.07. The van der Waals surface area contributed by atoms with Gasteiger partial charge < -0.3 is 40.2 Å². The molecule has 5 unspecified atom stereocenters. The third-order valence-electron chi connectivity index (χ3n) is 2.55. The molecule has 8 nitrogen and oxygen atoms in total. The average molecular weight is 249 g/mol. The predicted octanol–water partition coefficient (Wildman–Crippen LogP) is -4.63. The smallest absolute Gasteiger partial charge is 0.210 e. The molecular weight excluding hydrogens is 236 g/mol. The summed E-state index contributed by atoms with van der Waals surface area (Å²) in [5.74, 6) is -4.90. The van der Waals surface area contributed by atoms with E-state index in [0.717, 1.165) is 0 Å². The van der Waals surface area contributed by atoms with Crippen molar-refractivity contribution in [3.63, 3.8) is 0 Å². The van der Waals surface area contributed by atoms with Gasteiger partial charge in [-0.25, -0.2) is 0 Å². The second kappa shape index (κ2) is 4.84. The van der Waals surface area contributed by atoms with Crippen LogP contribution in [0.15, 0.2) is 0 Å². The Morgan fingerprint density at radius 2 is 2.00 bits per heavy atom. The number of rotatable bonds is 3. The zero-order valence-corrected chi connectivity index (χ0v) is 8.63. The predicted molar refractivity (Wildman–Crippen MR) is 47.8 cm³/mol. The molecule has 0 amide bonds. The number of aliphatic hydroxyl groups excluding tert-OH is 4. The van der Waals surface area contributed by atoms with Crippen molar-refractivity contribution in [1.29, 1.82) is 0 Å². The Bertz CT molecular complexity index is 289. The van der Waals surface area contributed by atoms with Crippen LogP contribution < -0.4 is 5.11 Å². The van der Waals surface area contributed by atoms with Gasteiger partial charge in [-0.05, 0) is 6.92 Å². The Labute approximate surface area is 96.7 Å². The van der Waals surface area contributed by atoms with Gasteiger partial charge in [0.2, 0.25) is 5.79 Å². The van der Waals surface area contributed by atoms with Gasteiger partial charge in [0.1, 0.15) is 24.3 Å². The molecule has 0 bridgehead atoms. The summed E-state index contributed by atoms with van der Waals surface area (Å²) in [6.07, 6.45) is -9.70. The lowest BCUT2D eigenvalue weighted by Gasteiger charge is -2.44. The molecule has 1 fully saturated rings. The molecule has 0 aromatic carbocycles. The highest BCUT2D eigenvalue weighted by Gasteiger charge is 2.49. The minimum atomic E-state index is -2.86. The van der Waals surface area contributed by atoms with Crippen LogP contribution in [0, 0.1) is 6.92 Å². The van der Waals surface area contributed by atoms with Crippen LogP contribution in [0.25, 0.3) is 0 Å². The van der Waals surface area contributed by atoms with Crippen LogP contribution in [0.1, 0.15) is 6.42 Å². The molecule has 17 heavy (non-hydrogen) atoms. The molecule has 1 aliphatic rings. The maximum absolute atomic E-state index is 10.6. The lowest BCUT2D eigenvalue weighted by molar-refractivity contribution is -0.379. The first-order valence-corrected chi connectivity index (χ1v) is 4.78. The molecule has 0 aromatic rings. The number of carboxylic acid groups (broad SMARTS) is 1. The lowest BCUT2D eigenvalue weighted by Crippen LogP contribution is -2.65. The maximum Gasteiger partial charge on any atom is 0.210 e. The zero-order chi connectivity index (χ0) is 13.4. The highest BCUT2D eigenvalue weighted by Crippen LogP contribution is 2.29. The van der Waals surface area contributed by atoms with Crippen molar-refractivity contribution in [1.82, 2.24) is 0 Å². The number of hydrogen-bond donors (Lipinski definition) is 5. The Balaban J connectivity index is 2.93. The van der Waals surface area contributed by atoms with Crippen molar-refractivity contribution in [2.24, 2.45) is 0 Å². The van der Waals surface area contributed by atoms with Crippen LogP contribution in [0.3, 0.4) is 0 Å². The number of aliphatic hydroxyl groups is 5. The SMILES string of the molecule is [CH]C(O)C(O)C1OC(O)(C(=O)[O-])CC(O)[C@H]1O. The van der Waals surface area contributed by atoms with E-state index in [1.54, 1.807) is 0 Å². The summed E-state index contributed by atoms with van der Waals surface area (Å²) in [5.41, 5.74) is 0. The van der Waals surface area contributed by atoms with E-state index < -0.39 is 48.7 Å². The lowest BCUT2D eigenvalue weighted by atomic mass is 9.91. The van der Waals surface area contributed by atoms with Crippen molar-refractivity contribution < 1.29 is 40.2 Å². The summed E-state index contributed by atoms with van der Waals surface area (Å²) < 4.78 is 4.53. The second-order valence-electron chi connectivity index (χ2n) is 3.90. The number of carbonyl (C=O) groups is 1. The Morgan fingerprint density at radius 1 is 1.47 bits per heavy atom. The number of aliphatic carboxylic acids is 1. The van der Waals surface area contributed by atoms with Crippen LogP contribution in [0.2, 0.25) is 0 Å². The third kappa shape index (κ3) is 2.73. The van der Waals surface area contributed by atoms with E-state index in [4.69, 9.17) is 12.0 Å². The first-order valence-electron chi connectivity index (χ1n) is 4.78. The van der Waals surface area contributed by atoms with E-state index in [9.17, 15) is 30.3 Å². The van der Waals surface area contributed by atoms with Gasteiger partial charge in [-0.3, -0.25) is 0 Å². The summed E-state index contributed by atoms with van der Waals surface area (Å²) in [6.45, 7) is 4.93. The molecule has 1 saturated heterocycles. The minimum Gasteiger partial charge on any atom is -0.544 e. The van der Waals surface area contributed by atoms with Gasteiger partial charge in [0.25, 0.3) is 0 Å². The van der Waals surface area contributed by atoms with Gasteiger partial charge in [0, 0.05) is 6.42 Å². The summed E-state index contributed by atoms with van der Waals surface area (Å²) in [7, 11) is 0. The number of ether oxygens (including phenoxy) is 1. The van der Waals surface area contributed by atoms with Crippen molar-refractivity contribution in [2.45, 2.75) is 42.7 Å². The molecular formula is C9H13O8-. The Hall–Kier alpha value is -0.770. The number of hydrogen-bond acceptors (Lipinski definition) is 8. The summed E-state index contributed by atoms with van der Waals surface area (Å²) >= 11 is 0. The summed E-state index contributed by atoms with van der Waals surface area (Å²) in [5, 5.41) is 57.1. The van der Waals surface area contributed by atoms with Crippen molar-refractivity contribution in [3.8, 4) is 0 Å². The van der Waals surface area contributed by atoms with Crippen LogP contribution >= 0.6 is 0 Å². The first-order chi connectivity index (χ1) is 7.69. The molecule has 2 radical (unpaired) electrons. The van der Waals surface area contributed by atoms with Gasteiger partial charge in [-0.1, -0.05) is 0 Å². The molecule has 0 saturated carbocycles. The van der Waals surface area contributed by atoms with E-state index >= 15 is 0 Å². The fourth-order valence-electron chi connectivity index (χ4n) is 1.56. The molecule has 0 spiro atoms. The van der Waals surface area contributed by atoms with Gasteiger partial charge in [0.15, 0.2) is 0 Å². The largest absolute Gasteiger partial charge is 0.544 e. The third-order valence-corrected chi connectivity index (χ3v) is 2.55. The quantitative estimate of drug-likeness (QED) is 0.335. The van der Waals surface area contributed by atoms with Gasteiger partial charge in [0.05, 0.1) is 12.2 Å².